The Morgan fingerprint density at radius 1 is 1.61 bits per heavy atom. The lowest BCUT2D eigenvalue weighted by Crippen LogP contribution is -2.46. The first-order valence-corrected chi connectivity index (χ1v) is 6.98. The van der Waals surface area contributed by atoms with Gasteiger partial charge in [-0.15, -0.1) is 6.58 Å². The van der Waals surface area contributed by atoms with E-state index in [-0.39, 0.29) is 5.92 Å². The van der Waals surface area contributed by atoms with Crippen LogP contribution in [0, 0.1) is 17.8 Å². The van der Waals surface area contributed by atoms with Crippen molar-refractivity contribution in [3.63, 3.8) is 0 Å². The zero-order valence-electron chi connectivity index (χ0n) is 12.4. The maximum atomic E-state index is 11.2. The number of allylic oxidation sites excluding steroid dienone is 3. The van der Waals surface area contributed by atoms with E-state index in [2.05, 4.69) is 46.9 Å². The molecule has 0 fully saturated rings. The van der Waals surface area contributed by atoms with Crippen LogP contribution in [0.3, 0.4) is 0 Å². The van der Waals surface area contributed by atoms with Gasteiger partial charge in [0.25, 0.3) is 0 Å². The summed E-state index contributed by atoms with van der Waals surface area (Å²) in [6.45, 7) is 16.4. The fraction of sp³-hybridized carbons (Fsp3) is 0.647. The van der Waals surface area contributed by atoms with Gasteiger partial charge in [0.15, 0.2) is 0 Å². The van der Waals surface area contributed by atoms with Crippen LogP contribution in [0.15, 0.2) is 36.5 Å². The SMILES string of the molecule is C=CC[C@@H]1[C@H](C(=C)C)CC=C(C)[C@@]1(O)CC(C)C. The Morgan fingerprint density at radius 2 is 2.22 bits per heavy atom. The first-order valence-electron chi connectivity index (χ1n) is 6.98. The number of aliphatic hydroxyl groups is 1. The summed E-state index contributed by atoms with van der Waals surface area (Å²) in [6.07, 6.45) is 6.80. The molecule has 0 unspecified atom stereocenters. The minimum Gasteiger partial charge on any atom is -0.385 e. The normalized spacial score (nSPS) is 32.2. The molecule has 1 heteroatoms. The topological polar surface area (TPSA) is 20.2 Å². The molecule has 0 saturated carbocycles. The largest absolute Gasteiger partial charge is 0.385 e. The highest BCUT2D eigenvalue weighted by atomic mass is 16.3. The molecule has 0 amide bonds. The van der Waals surface area contributed by atoms with Crippen LogP contribution >= 0.6 is 0 Å². The zero-order valence-corrected chi connectivity index (χ0v) is 12.4. The second kappa shape index (κ2) is 5.88. The Bertz CT molecular complexity index is 351. The summed E-state index contributed by atoms with van der Waals surface area (Å²) >= 11 is 0. The molecule has 1 N–H and O–H groups in total. The van der Waals surface area contributed by atoms with Crippen LogP contribution < -0.4 is 0 Å². The van der Waals surface area contributed by atoms with Crippen molar-refractivity contribution < 1.29 is 5.11 Å². The molecule has 1 rings (SSSR count). The first-order chi connectivity index (χ1) is 8.32. The van der Waals surface area contributed by atoms with E-state index in [4.69, 9.17) is 0 Å². The quantitative estimate of drug-likeness (QED) is 0.710. The average molecular weight is 248 g/mol. The predicted molar refractivity (Wildman–Crippen MR) is 79.4 cm³/mol. The van der Waals surface area contributed by atoms with E-state index in [1.165, 1.54) is 5.57 Å². The predicted octanol–water partition coefficient (Wildman–Crippen LogP) is 4.50. The molecule has 1 aliphatic rings. The smallest absolute Gasteiger partial charge is 0.0893 e. The molecule has 1 nitrogen and oxygen atoms in total. The molecule has 102 valence electrons. The summed E-state index contributed by atoms with van der Waals surface area (Å²) in [5, 5.41) is 11.2. The zero-order chi connectivity index (χ0) is 13.9. The maximum Gasteiger partial charge on any atom is 0.0893 e. The lowest BCUT2D eigenvalue weighted by Gasteiger charge is -2.45. The van der Waals surface area contributed by atoms with Crippen molar-refractivity contribution in [1.29, 1.82) is 0 Å². The van der Waals surface area contributed by atoms with E-state index in [0.29, 0.717) is 11.8 Å². The van der Waals surface area contributed by atoms with E-state index in [1.807, 2.05) is 6.08 Å². The van der Waals surface area contributed by atoms with Gasteiger partial charge in [0.2, 0.25) is 0 Å². The van der Waals surface area contributed by atoms with Gasteiger partial charge < -0.3 is 5.11 Å². The third kappa shape index (κ3) is 2.95. The highest BCUT2D eigenvalue weighted by Crippen LogP contribution is 2.46. The fourth-order valence-corrected chi connectivity index (χ4v) is 3.29. The Morgan fingerprint density at radius 3 is 2.67 bits per heavy atom. The minimum atomic E-state index is -0.690. The third-order valence-corrected chi connectivity index (χ3v) is 4.23. The van der Waals surface area contributed by atoms with E-state index in [1.54, 1.807) is 0 Å². The molecule has 0 bridgehead atoms. The van der Waals surface area contributed by atoms with Crippen LogP contribution in [0.25, 0.3) is 0 Å². The molecule has 0 radical (unpaired) electrons. The van der Waals surface area contributed by atoms with Crippen LogP contribution in [-0.2, 0) is 0 Å². The molecule has 1 aliphatic carbocycles. The standard InChI is InChI=1S/C17H28O/c1-7-8-16-15(13(4)5)10-9-14(6)17(16,18)11-12(2)3/h7,9,12,15-16,18H,1,4,8,10-11H2,2-3,5-6H3/t15-,16+,17-/m0/s1. The number of hydrogen-bond acceptors (Lipinski definition) is 1. The lowest BCUT2D eigenvalue weighted by atomic mass is 9.63. The van der Waals surface area contributed by atoms with E-state index >= 15 is 0 Å². The van der Waals surface area contributed by atoms with Crippen LogP contribution in [0.5, 0.6) is 0 Å². The van der Waals surface area contributed by atoms with Crippen molar-refractivity contribution in [1.82, 2.24) is 0 Å². The monoisotopic (exact) mass is 248 g/mol. The van der Waals surface area contributed by atoms with E-state index in [0.717, 1.165) is 24.8 Å². The summed E-state index contributed by atoms with van der Waals surface area (Å²) in [7, 11) is 0. The van der Waals surface area contributed by atoms with Gasteiger partial charge in [0.1, 0.15) is 0 Å². The summed E-state index contributed by atoms with van der Waals surface area (Å²) < 4.78 is 0. The molecular formula is C17H28O. The summed E-state index contributed by atoms with van der Waals surface area (Å²) in [5.41, 5.74) is 1.61. The van der Waals surface area contributed by atoms with Crippen molar-refractivity contribution in [3.8, 4) is 0 Å². The highest BCUT2D eigenvalue weighted by molar-refractivity contribution is 5.25. The van der Waals surface area contributed by atoms with Gasteiger partial charge in [0.05, 0.1) is 5.60 Å². The second-order valence-corrected chi connectivity index (χ2v) is 6.23. The summed E-state index contributed by atoms with van der Waals surface area (Å²) in [5.74, 6) is 1.07. The van der Waals surface area contributed by atoms with Crippen LogP contribution in [-0.4, -0.2) is 10.7 Å². The number of hydrogen-bond donors (Lipinski definition) is 1. The maximum absolute atomic E-state index is 11.2. The van der Waals surface area contributed by atoms with Gasteiger partial charge in [-0.25, -0.2) is 0 Å². The van der Waals surface area contributed by atoms with Gasteiger partial charge in [-0.2, -0.15) is 0 Å². The molecule has 18 heavy (non-hydrogen) atoms. The van der Waals surface area contributed by atoms with Crippen molar-refractivity contribution in [3.05, 3.63) is 36.5 Å². The Kier molecular flexibility index (Phi) is 4.98. The molecule has 0 saturated heterocycles. The molecule has 0 aromatic heterocycles. The third-order valence-electron chi connectivity index (χ3n) is 4.23. The highest BCUT2D eigenvalue weighted by Gasteiger charge is 2.44. The summed E-state index contributed by atoms with van der Waals surface area (Å²) in [4.78, 5) is 0. The van der Waals surface area contributed by atoms with Gasteiger partial charge in [-0.3, -0.25) is 0 Å². The minimum absolute atomic E-state index is 0.222. The fourth-order valence-electron chi connectivity index (χ4n) is 3.29. The molecule has 0 spiro atoms. The van der Waals surface area contributed by atoms with E-state index < -0.39 is 5.60 Å². The lowest BCUT2D eigenvalue weighted by molar-refractivity contribution is -0.0261. The van der Waals surface area contributed by atoms with Crippen LogP contribution in [0.2, 0.25) is 0 Å². The van der Waals surface area contributed by atoms with Crippen molar-refractivity contribution in [2.45, 2.75) is 52.6 Å². The Hall–Kier alpha value is -0.820. The molecule has 0 aliphatic heterocycles. The molecular weight excluding hydrogens is 220 g/mol. The average Bonchev–Trinajstić information content (AvgIpc) is 2.24. The number of rotatable bonds is 5. The second-order valence-electron chi connectivity index (χ2n) is 6.23. The molecule has 0 heterocycles. The molecule has 3 atom stereocenters. The Balaban J connectivity index is 3.14. The molecule has 0 aromatic rings. The summed E-state index contributed by atoms with van der Waals surface area (Å²) in [6, 6.07) is 0. The van der Waals surface area contributed by atoms with Crippen molar-refractivity contribution >= 4 is 0 Å². The van der Waals surface area contributed by atoms with Crippen molar-refractivity contribution in [2.24, 2.45) is 17.8 Å². The Labute approximate surface area is 112 Å². The van der Waals surface area contributed by atoms with Crippen molar-refractivity contribution in [2.75, 3.05) is 0 Å². The van der Waals surface area contributed by atoms with Crippen LogP contribution in [0.1, 0.15) is 47.0 Å². The van der Waals surface area contributed by atoms with Crippen LogP contribution in [0.4, 0.5) is 0 Å². The van der Waals surface area contributed by atoms with Gasteiger partial charge >= 0.3 is 0 Å². The van der Waals surface area contributed by atoms with Gasteiger partial charge in [-0.1, -0.05) is 38.2 Å². The van der Waals surface area contributed by atoms with Gasteiger partial charge in [-0.05, 0) is 50.5 Å². The molecule has 0 aromatic carbocycles. The van der Waals surface area contributed by atoms with E-state index in [9.17, 15) is 5.11 Å². The van der Waals surface area contributed by atoms with Gasteiger partial charge in [0, 0.05) is 5.92 Å². The first kappa shape index (κ1) is 15.2.